The number of para-hydroxylation sites is 1. The highest BCUT2D eigenvalue weighted by molar-refractivity contribution is 5.57. The van der Waals surface area contributed by atoms with Crippen LogP contribution in [0.1, 0.15) is 12.0 Å². The van der Waals surface area contributed by atoms with Gasteiger partial charge in [-0.3, -0.25) is 0 Å². The number of hydrogen-bond acceptors (Lipinski definition) is 4. The van der Waals surface area contributed by atoms with E-state index in [2.05, 4.69) is 48.2 Å². The Morgan fingerprint density at radius 3 is 3.00 bits per heavy atom. The average Bonchev–Trinajstić information content (AvgIpc) is 3.02. The molecule has 0 radical (unpaired) electrons. The van der Waals surface area contributed by atoms with E-state index in [1.54, 1.807) is 0 Å². The Bertz CT molecular complexity index is 436. The first-order valence-corrected chi connectivity index (χ1v) is 7.00. The molecule has 2 heterocycles. The van der Waals surface area contributed by atoms with Gasteiger partial charge in [-0.25, -0.2) is 0 Å². The molecule has 2 unspecified atom stereocenters. The Kier molecular flexibility index (Phi) is 3.73. The minimum absolute atomic E-state index is 0.198. The highest BCUT2D eigenvalue weighted by atomic mass is 16.7. The minimum atomic E-state index is -0.198. The number of nitrogens with zero attached hydrogens (tertiary/aromatic N) is 2. The van der Waals surface area contributed by atoms with Crippen molar-refractivity contribution in [3.8, 4) is 0 Å². The van der Waals surface area contributed by atoms with Crippen molar-refractivity contribution < 1.29 is 9.47 Å². The zero-order valence-corrected chi connectivity index (χ0v) is 11.7. The minimum Gasteiger partial charge on any atom is -0.332 e. The van der Waals surface area contributed by atoms with Crippen LogP contribution >= 0.6 is 0 Å². The quantitative estimate of drug-likeness (QED) is 0.824. The van der Waals surface area contributed by atoms with E-state index in [-0.39, 0.29) is 12.5 Å². The van der Waals surface area contributed by atoms with Crippen LogP contribution in [0.15, 0.2) is 24.3 Å². The summed E-state index contributed by atoms with van der Waals surface area (Å²) >= 11 is 0. The molecule has 4 nitrogen and oxygen atoms in total. The fourth-order valence-electron chi connectivity index (χ4n) is 2.73. The van der Waals surface area contributed by atoms with Crippen LogP contribution < -0.4 is 4.90 Å². The lowest BCUT2D eigenvalue weighted by Gasteiger charge is -2.25. The molecule has 3 rings (SSSR count). The van der Waals surface area contributed by atoms with Crippen molar-refractivity contribution in [2.24, 2.45) is 0 Å². The lowest BCUT2D eigenvalue weighted by atomic mass is 10.2. The third-order valence-corrected chi connectivity index (χ3v) is 3.81. The SMILES string of the molecule is CN(C)CCC1COC(N2CCc3ccccc32)O1. The molecule has 0 aliphatic carbocycles. The first-order chi connectivity index (χ1) is 9.24. The third kappa shape index (κ3) is 2.76. The molecular weight excluding hydrogens is 240 g/mol. The first kappa shape index (κ1) is 12.9. The molecule has 2 aliphatic rings. The topological polar surface area (TPSA) is 24.9 Å². The predicted molar refractivity (Wildman–Crippen MR) is 75.3 cm³/mol. The summed E-state index contributed by atoms with van der Waals surface area (Å²) in [5, 5.41) is 0. The van der Waals surface area contributed by atoms with E-state index in [0.29, 0.717) is 6.61 Å². The van der Waals surface area contributed by atoms with Crippen LogP contribution in [-0.2, 0) is 15.9 Å². The zero-order chi connectivity index (χ0) is 13.2. The molecule has 19 heavy (non-hydrogen) atoms. The summed E-state index contributed by atoms with van der Waals surface area (Å²) in [5.41, 5.74) is 2.66. The molecule has 104 valence electrons. The van der Waals surface area contributed by atoms with Gasteiger partial charge < -0.3 is 19.3 Å². The molecule has 0 spiro atoms. The van der Waals surface area contributed by atoms with Gasteiger partial charge in [0.1, 0.15) is 0 Å². The van der Waals surface area contributed by atoms with E-state index in [9.17, 15) is 0 Å². The summed E-state index contributed by atoms with van der Waals surface area (Å²) in [5.74, 6) is 0. The van der Waals surface area contributed by atoms with Gasteiger partial charge in [-0.15, -0.1) is 0 Å². The molecule has 0 amide bonds. The van der Waals surface area contributed by atoms with Gasteiger partial charge in [0, 0.05) is 18.8 Å². The standard InChI is InChI=1S/C15H22N2O2/c1-16(2)9-8-13-11-18-15(19-13)17-10-7-12-5-3-4-6-14(12)17/h3-6,13,15H,7-11H2,1-2H3. The monoisotopic (exact) mass is 262 g/mol. The van der Waals surface area contributed by atoms with E-state index in [1.165, 1.54) is 11.3 Å². The van der Waals surface area contributed by atoms with Crippen LogP contribution in [0, 0.1) is 0 Å². The predicted octanol–water partition coefficient (Wildman–Crippen LogP) is 1.70. The van der Waals surface area contributed by atoms with Crippen LogP contribution in [-0.4, -0.2) is 51.2 Å². The molecule has 2 atom stereocenters. The largest absolute Gasteiger partial charge is 0.332 e. The molecule has 4 heteroatoms. The van der Waals surface area contributed by atoms with Crippen LogP contribution in [0.5, 0.6) is 0 Å². The van der Waals surface area contributed by atoms with Crippen molar-refractivity contribution in [1.82, 2.24) is 4.90 Å². The van der Waals surface area contributed by atoms with Gasteiger partial charge >= 0.3 is 0 Å². The molecule has 1 saturated heterocycles. The van der Waals surface area contributed by atoms with Crippen molar-refractivity contribution >= 4 is 5.69 Å². The van der Waals surface area contributed by atoms with Gasteiger partial charge in [0.25, 0.3) is 0 Å². The molecule has 0 aromatic heterocycles. The van der Waals surface area contributed by atoms with E-state index < -0.39 is 0 Å². The van der Waals surface area contributed by atoms with E-state index in [1.807, 2.05) is 0 Å². The van der Waals surface area contributed by atoms with Gasteiger partial charge in [-0.05, 0) is 38.6 Å². The van der Waals surface area contributed by atoms with Crippen LogP contribution in [0.3, 0.4) is 0 Å². The van der Waals surface area contributed by atoms with Crippen molar-refractivity contribution in [1.29, 1.82) is 0 Å². The summed E-state index contributed by atoms with van der Waals surface area (Å²) < 4.78 is 11.9. The van der Waals surface area contributed by atoms with E-state index >= 15 is 0 Å². The van der Waals surface area contributed by atoms with E-state index in [0.717, 1.165) is 25.9 Å². The highest BCUT2D eigenvalue weighted by Crippen LogP contribution is 2.32. The zero-order valence-electron chi connectivity index (χ0n) is 11.7. The Balaban J connectivity index is 1.60. The summed E-state index contributed by atoms with van der Waals surface area (Å²) in [4.78, 5) is 4.42. The summed E-state index contributed by atoms with van der Waals surface area (Å²) in [7, 11) is 4.17. The molecule has 1 aromatic carbocycles. The number of benzene rings is 1. The Labute approximate surface area is 114 Å². The molecule has 0 saturated carbocycles. The summed E-state index contributed by atoms with van der Waals surface area (Å²) in [6.45, 7) is 2.74. The van der Waals surface area contributed by atoms with Crippen LogP contribution in [0.2, 0.25) is 0 Å². The Morgan fingerprint density at radius 1 is 1.32 bits per heavy atom. The van der Waals surface area contributed by atoms with Crippen molar-refractivity contribution in [2.45, 2.75) is 25.4 Å². The fourth-order valence-corrected chi connectivity index (χ4v) is 2.73. The molecule has 1 aromatic rings. The maximum atomic E-state index is 6.03. The lowest BCUT2D eigenvalue weighted by Crippen LogP contribution is -2.35. The molecular formula is C15H22N2O2. The number of fused-ring (bicyclic) bond motifs is 1. The van der Waals surface area contributed by atoms with Crippen molar-refractivity contribution in [3.05, 3.63) is 29.8 Å². The first-order valence-electron chi connectivity index (χ1n) is 7.00. The molecule has 2 aliphatic heterocycles. The van der Waals surface area contributed by atoms with Gasteiger partial charge in [0.2, 0.25) is 6.41 Å². The highest BCUT2D eigenvalue weighted by Gasteiger charge is 2.34. The normalized spacial score (nSPS) is 26.2. The number of rotatable bonds is 4. The Hall–Kier alpha value is -1.10. The lowest BCUT2D eigenvalue weighted by molar-refractivity contribution is -0.0583. The average molecular weight is 262 g/mol. The molecule has 1 fully saturated rings. The summed E-state index contributed by atoms with van der Waals surface area (Å²) in [6.07, 6.45) is 2.14. The number of ether oxygens (including phenoxy) is 2. The van der Waals surface area contributed by atoms with Gasteiger partial charge in [-0.1, -0.05) is 18.2 Å². The van der Waals surface area contributed by atoms with Gasteiger partial charge in [0.15, 0.2) is 0 Å². The van der Waals surface area contributed by atoms with Crippen molar-refractivity contribution in [3.63, 3.8) is 0 Å². The fraction of sp³-hybridized carbons (Fsp3) is 0.600. The second-order valence-electron chi connectivity index (χ2n) is 5.56. The number of anilines is 1. The van der Waals surface area contributed by atoms with Crippen LogP contribution in [0.4, 0.5) is 5.69 Å². The maximum absolute atomic E-state index is 6.03. The summed E-state index contributed by atoms with van der Waals surface area (Å²) in [6, 6.07) is 8.52. The van der Waals surface area contributed by atoms with Crippen molar-refractivity contribution in [2.75, 3.05) is 38.7 Å². The van der Waals surface area contributed by atoms with Crippen LogP contribution in [0.25, 0.3) is 0 Å². The molecule has 0 bridgehead atoms. The number of hydrogen-bond donors (Lipinski definition) is 0. The second kappa shape index (κ2) is 5.49. The van der Waals surface area contributed by atoms with Gasteiger partial charge in [0.05, 0.1) is 12.7 Å². The van der Waals surface area contributed by atoms with E-state index in [4.69, 9.17) is 9.47 Å². The molecule has 0 N–H and O–H groups in total. The second-order valence-corrected chi connectivity index (χ2v) is 5.56. The van der Waals surface area contributed by atoms with Gasteiger partial charge in [-0.2, -0.15) is 0 Å². The third-order valence-electron chi connectivity index (χ3n) is 3.81. The smallest absolute Gasteiger partial charge is 0.240 e. The Morgan fingerprint density at radius 2 is 2.16 bits per heavy atom. The maximum Gasteiger partial charge on any atom is 0.240 e.